The Hall–Kier alpha value is -4.10. The smallest absolute Gasteiger partial charge is 0.301 e. The van der Waals surface area contributed by atoms with Crippen molar-refractivity contribution in [2.24, 2.45) is 0 Å². The van der Waals surface area contributed by atoms with Crippen LogP contribution in [0.25, 0.3) is 16.5 Å². The maximum absolute atomic E-state index is 13.2. The van der Waals surface area contributed by atoms with Gasteiger partial charge in [0.25, 0.3) is 5.78 Å². The lowest BCUT2D eigenvalue weighted by Crippen LogP contribution is -2.29. The van der Waals surface area contributed by atoms with E-state index in [1.54, 1.807) is 56.5 Å². The number of aryl methyl sites for hydroxylation is 1. The highest BCUT2D eigenvalue weighted by atomic mass is 35.5. The number of amides is 1. The van der Waals surface area contributed by atoms with Crippen LogP contribution in [0, 0.1) is 6.92 Å². The molecular weight excluding hydrogens is 456 g/mol. The standard InChI is InChI=1S/C26H19ClN2O5/c1-14-11-21(28-34-14)29-23(15-5-8-19(27)9-6-15)22(25(31)26(29)32)24(30)18-4-3-17-13-20(33-2)10-7-16(17)12-18/h3-13,23,30H,1-2H3/b24-22+. The number of ether oxygens (including phenoxy) is 1. The SMILES string of the molecule is COc1ccc2cc(/C(O)=C3\C(=O)C(=O)N(c4cc(C)on4)C3c3ccc(Cl)cc3)ccc2c1. The van der Waals surface area contributed by atoms with Gasteiger partial charge in [-0.15, -0.1) is 0 Å². The average Bonchev–Trinajstić information content (AvgIpc) is 3.38. The Labute approximate surface area is 199 Å². The van der Waals surface area contributed by atoms with E-state index in [9.17, 15) is 14.7 Å². The molecule has 3 aromatic carbocycles. The lowest BCUT2D eigenvalue weighted by atomic mass is 9.94. The van der Waals surface area contributed by atoms with Crippen LogP contribution in [0.3, 0.4) is 0 Å². The van der Waals surface area contributed by atoms with Gasteiger partial charge in [0, 0.05) is 16.7 Å². The molecule has 8 heteroatoms. The van der Waals surface area contributed by atoms with Gasteiger partial charge in [-0.3, -0.25) is 14.5 Å². The minimum absolute atomic E-state index is 0.0409. The molecule has 0 saturated carbocycles. The highest BCUT2D eigenvalue weighted by Gasteiger charge is 2.48. The first-order valence-electron chi connectivity index (χ1n) is 10.5. The number of aromatic nitrogens is 1. The summed E-state index contributed by atoms with van der Waals surface area (Å²) in [6, 6.07) is 18.2. The van der Waals surface area contributed by atoms with Gasteiger partial charge in [0.05, 0.1) is 18.7 Å². The van der Waals surface area contributed by atoms with E-state index in [1.165, 1.54) is 4.90 Å². The quantitative estimate of drug-likeness (QED) is 0.241. The number of ketones is 1. The molecule has 2 heterocycles. The summed E-state index contributed by atoms with van der Waals surface area (Å²) in [6.07, 6.45) is 0. The van der Waals surface area contributed by atoms with Crippen molar-refractivity contribution in [3.05, 3.63) is 94.2 Å². The summed E-state index contributed by atoms with van der Waals surface area (Å²) < 4.78 is 10.4. The Morgan fingerprint density at radius 1 is 1.03 bits per heavy atom. The van der Waals surface area contributed by atoms with E-state index in [0.717, 1.165) is 10.8 Å². The van der Waals surface area contributed by atoms with Gasteiger partial charge in [0.1, 0.15) is 17.3 Å². The monoisotopic (exact) mass is 474 g/mol. The molecule has 0 aliphatic carbocycles. The summed E-state index contributed by atoms with van der Waals surface area (Å²) in [5.41, 5.74) is 0.961. The maximum atomic E-state index is 13.2. The first-order valence-corrected chi connectivity index (χ1v) is 10.8. The van der Waals surface area contributed by atoms with Crippen LogP contribution < -0.4 is 9.64 Å². The first-order chi connectivity index (χ1) is 16.4. The van der Waals surface area contributed by atoms with Crippen LogP contribution in [-0.4, -0.2) is 29.1 Å². The van der Waals surface area contributed by atoms with E-state index in [0.29, 0.717) is 27.7 Å². The van der Waals surface area contributed by atoms with Crippen molar-refractivity contribution in [1.82, 2.24) is 5.16 Å². The predicted octanol–water partition coefficient (Wildman–Crippen LogP) is 5.42. The van der Waals surface area contributed by atoms with Crippen LogP contribution in [-0.2, 0) is 9.59 Å². The van der Waals surface area contributed by atoms with Crippen LogP contribution in [0.15, 0.2) is 76.8 Å². The molecular formula is C26H19ClN2O5. The van der Waals surface area contributed by atoms with E-state index >= 15 is 0 Å². The molecule has 1 aliphatic heterocycles. The van der Waals surface area contributed by atoms with Crippen molar-refractivity contribution < 1.29 is 24.0 Å². The molecule has 4 aromatic rings. The minimum Gasteiger partial charge on any atom is -0.507 e. The van der Waals surface area contributed by atoms with E-state index in [1.807, 2.05) is 24.3 Å². The van der Waals surface area contributed by atoms with Crippen LogP contribution in [0.2, 0.25) is 5.02 Å². The minimum atomic E-state index is -0.909. The second kappa shape index (κ2) is 8.35. The Balaban J connectivity index is 1.69. The van der Waals surface area contributed by atoms with Crippen molar-refractivity contribution in [2.45, 2.75) is 13.0 Å². The molecule has 1 saturated heterocycles. The fourth-order valence-electron chi connectivity index (χ4n) is 4.15. The molecule has 1 N–H and O–H groups in total. The normalized spacial score (nSPS) is 17.5. The first kappa shape index (κ1) is 21.7. The largest absolute Gasteiger partial charge is 0.507 e. The van der Waals surface area contributed by atoms with Crippen LogP contribution in [0.4, 0.5) is 5.82 Å². The summed E-state index contributed by atoms with van der Waals surface area (Å²) in [4.78, 5) is 27.5. The predicted molar refractivity (Wildman–Crippen MR) is 128 cm³/mol. The van der Waals surface area contributed by atoms with Crippen molar-refractivity contribution >= 4 is 45.6 Å². The van der Waals surface area contributed by atoms with E-state index in [4.69, 9.17) is 20.9 Å². The lowest BCUT2D eigenvalue weighted by molar-refractivity contribution is -0.132. The molecule has 0 radical (unpaired) electrons. The number of aliphatic hydroxyl groups excluding tert-OH is 1. The molecule has 1 amide bonds. The number of halogens is 1. The van der Waals surface area contributed by atoms with Crippen LogP contribution in [0.1, 0.15) is 22.9 Å². The number of fused-ring (bicyclic) bond motifs is 1. The van der Waals surface area contributed by atoms with Gasteiger partial charge < -0.3 is 14.4 Å². The van der Waals surface area contributed by atoms with Gasteiger partial charge in [0.2, 0.25) is 0 Å². The number of rotatable bonds is 4. The highest BCUT2D eigenvalue weighted by molar-refractivity contribution is 6.51. The average molecular weight is 475 g/mol. The number of hydrogen-bond acceptors (Lipinski definition) is 6. The molecule has 170 valence electrons. The molecule has 7 nitrogen and oxygen atoms in total. The number of carbonyl (C=O) groups excluding carboxylic acids is 2. The van der Waals surface area contributed by atoms with Gasteiger partial charge in [-0.1, -0.05) is 47.1 Å². The second-order valence-electron chi connectivity index (χ2n) is 7.94. The fourth-order valence-corrected chi connectivity index (χ4v) is 4.28. The van der Waals surface area contributed by atoms with E-state index in [-0.39, 0.29) is 17.2 Å². The summed E-state index contributed by atoms with van der Waals surface area (Å²) in [6.45, 7) is 1.69. The Bertz CT molecular complexity index is 1470. The second-order valence-corrected chi connectivity index (χ2v) is 8.38. The Kier molecular flexibility index (Phi) is 5.34. The zero-order chi connectivity index (χ0) is 24.0. The van der Waals surface area contributed by atoms with Gasteiger partial charge in [-0.05, 0) is 53.6 Å². The zero-order valence-electron chi connectivity index (χ0n) is 18.3. The molecule has 0 spiro atoms. The maximum Gasteiger partial charge on any atom is 0.301 e. The zero-order valence-corrected chi connectivity index (χ0v) is 19.0. The number of methoxy groups -OCH3 is 1. The topological polar surface area (TPSA) is 92.9 Å². The molecule has 5 rings (SSSR count). The third-order valence-corrected chi connectivity index (χ3v) is 6.07. The molecule has 0 bridgehead atoms. The molecule has 1 unspecified atom stereocenters. The third-order valence-electron chi connectivity index (χ3n) is 5.81. The van der Waals surface area contributed by atoms with Gasteiger partial charge in [-0.2, -0.15) is 0 Å². The molecule has 1 aromatic heterocycles. The van der Waals surface area contributed by atoms with Crippen molar-refractivity contribution in [2.75, 3.05) is 12.0 Å². The number of hydrogen-bond donors (Lipinski definition) is 1. The number of aliphatic hydroxyl groups is 1. The van der Waals surface area contributed by atoms with Gasteiger partial charge in [0.15, 0.2) is 5.82 Å². The number of benzene rings is 3. The lowest BCUT2D eigenvalue weighted by Gasteiger charge is -2.23. The number of nitrogens with zero attached hydrogens (tertiary/aromatic N) is 2. The fraction of sp³-hybridized carbons (Fsp3) is 0.115. The van der Waals surface area contributed by atoms with E-state index in [2.05, 4.69) is 5.16 Å². The van der Waals surface area contributed by atoms with Crippen molar-refractivity contribution in [3.8, 4) is 5.75 Å². The van der Waals surface area contributed by atoms with E-state index < -0.39 is 17.7 Å². The van der Waals surface area contributed by atoms with Crippen molar-refractivity contribution in [3.63, 3.8) is 0 Å². The van der Waals surface area contributed by atoms with Crippen molar-refractivity contribution in [1.29, 1.82) is 0 Å². The Morgan fingerprint density at radius 3 is 2.41 bits per heavy atom. The summed E-state index contributed by atoms with van der Waals surface area (Å²) in [5.74, 6) is -0.520. The molecule has 1 fully saturated rings. The number of Topliss-reactive ketones (excluding diaryl/α,β-unsaturated/α-hetero) is 1. The summed E-state index contributed by atoms with van der Waals surface area (Å²) in [7, 11) is 1.59. The summed E-state index contributed by atoms with van der Waals surface area (Å²) in [5, 5.41) is 17.5. The van der Waals surface area contributed by atoms with Crippen LogP contribution in [0.5, 0.6) is 5.75 Å². The number of carbonyl (C=O) groups is 2. The number of anilines is 1. The molecule has 34 heavy (non-hydrogen) atoms. The van der Waals surface area contributed by atoms with Gasteiger partial charge in [-0.25, -0.2) is 0 Å². The molecule has 1 atom stereocenters. The Morgan fingerprint density at radius 2 is 1.74 bits per heavy atom. The van der Waals surface area contributed by atoms with Gasteiger partial charge >= 0.3 is 5.91 Å². The summed E-state index contributed by atoms with van der Waals surface area (Å²) >= 11 is 6.06. The third kappa shape index (κ3) is 3.60. The van der Waals surface area contributed by atoms with Crippen LogP contribution >= 0.6 is 11.6 Å². The highest BCUT2D eigenvalue weighted by Crippen LogP contribution is 2.42. The molecule has 1 aliphatic rings.